The minimum absolute atomic E-state index is 0.0220. The number of esters is 2. The van der Waals surface area contributed by atoms with Gasteiger partial charge in [-0.3, -0.25) is 9.59 Å². The first-order chi connectivity index (χ1) is 26.0. The van der Waals surface area contributed by atoms with E-state index in [0.717, 1.165) is 86.9 Å². The second-order valence-electron chi connectivity index (χ2n) is 19.2. The molecule has 0 saturated carbocycles. The van der Waals surface area contributed by atoms with Gasteiger partial charge in [-0.25, -0.2) is 0 Å². The van der Waals surface area contributed by atoms with Gasteiger partial charge in [0, 0.05) is 12.8 Å². The summed E-state index contributed by atoms with van der Waals surface area (Å²) in [5.74, 6) is 4.80. The summed E-state index contributed by atoms with van der Waals surface area (Å²) in [7, 11) is 0. The van der Waals surface area contributed by atoms with Crippen molar-refractivity contribution in [3.63, 3.8) is 0 Å². The summed E-state index contributed by atoms with van der Waals surface area (Å²) in [6, 6.07) is 0. The maximum atomic E-state index is 12.3. The number of carbonyl (C=O) groups is 2. The average molecular weight is 763 g/mol. The highest BCUT2D eigenvalue weighted by atomic mass is 16.5. The molecular weight excluding hydrogens is 665 g/mol. The summed E-state index contributed by atoms with van der Waals surface area (Å²) < 4.78 is 11.3. The Morgan fingerprint density at radius 2 is 0.519 bits per heavy atom. The predicted molar refractivity (Wildman–Crippen MR) is 236 cm³/mol. The summed E-state index contributed by atoms with van der Waals surface area (Å²) >= 11 is 0. The Hall–Kier alpha value is -1.06. The lowest BCUT2D eigenvalue weighted by atomic mass is 9.90. The van der Waals surface area contributed by atoms with Crippen LogP contribution in [0, 0.1) is 35.5 Å². The fourth-order valence-corrected chi connectivity index (χ4v) is 8.02. The summed E-state index contributed by atoms with van der Waals surface area (Å²) in [5.41, 5.74) is 0. The molecule has 0 aliphatic rings. The Labute approximate surface area is 339 Å². The van der Waals surface area contributed by atoms with Gasteiger partial charge in [-0.1, -0.05) is 209 Å². The monoisotopic (exact) mass is 763 g/mol. The summed E-state index contributed by atoms with van der Waals surface area (Å²) in [6.07, 6.45) is 38.8. The molecule has 0 fully saturated rings. The molecular formula is C50H98O4. The molecule has 0 aliphatic carbocycles. The first kappa shape index (κ1) is 52.9. The Kier molecular flexibility index (Phi) is 38.0. The first-order valence-corrected chi connectivity index (χ1v) is 24.3. The molecule has 4 nitrogen and oxygen atoms in total. The molecule has 0 aromatic heterocycles. The van der Waals surface area contributed by atoms with E-state index in [9.17, 15) is 9.59 Å². The van der Waals surface area contributed by atoms with Gasteiger partial charge in [0.15, 0.2) is 0 Å². The zero-order chi connectivity index (χ0) is 40.1. The van der Waals surface area contributed by atoms with Crippen molar-refractivity contribution < 1.29 is 19.1 Å². The lowest BCUT2D eigenvalue weighted by molar-refractivity contribution is -0.145. The Morgan fingerprint density at radius 3 is 0.796 bits per heavy atom. The number of carbonyl (C=O) groups excluding carboxylic acids is 2. The average Bonchev–Trinajstić information content (AvgIpc) is 3.11. The third-order valence-electron chi connectivity index (χ3n) is 11.6. The fraction of sp³-hybridized carbons (Fsp3) is 0.960. The normalized spacial score (nSPS) is 12.0. The molecule has 0 radical (unpaired) electrons. The maximum Gasteiger partial charge on any atom is 0.305 e. The van der Waals surface area contributed by atoms with Crippen molar-refractivity contribution in [3.05, 3.63) is 0 Å². The molecule has 0 spiro atoms. The van der Waals surface area contributed by atoms with Gasteiger partial charge in [0.05, 0.1) is 13.2 Å². The van der Waals surface area contributed by atoms with E-state index in [1.165, 1.54) is 141 Å². The lowest BCUT2D eigenvalue weighted by Crippen LogP contribution is -2.08. The lowest BCUT2D eigenvalue weighted by Gasteiger charge is -2.17. The largest absolute Gasteiger partial charge is 0.466 e. The topological polar surface area (TPSA) is 52.6 Å². The highest BCUT2D eigenvalue weighted by Crippen LogP contribution is 2.25. The van der Waals surface area contributed by atoms with E-state index < -0.39 is 0 Å². The SMILES string of the molecule is CC(C)CCCCCC(CCCCCC(C)C)CCCOC(=O)CCCCCCCCC(=O)OCCCC(CCCCCC(C)C)CCCCCC(C)C. The molecule has 0 saturated heterocycles. The second kappa shape index (κ2) is 38.8. The molecule has 0 aromatic rings. The van der Waals surface area contributed by atoms with Crippen molar-refractivity contribution >= 4 is 11.9 Å². The van der Waals surface area contributed by atoms with Crippen molar-refractivity contribution in [1.29, 1.82) is 0 Å². The van der Waals surface area contributed by atoms with Gasteiger partial charge >= 0.3 is 11.9 Å². The molecule has 0 rings (SSSR count). The fourth-order valence-electron chi connectivity index (χ4n) is 8.02. The molecule has 0 unspecified atom stereocenters. The van der Waals surface area contributed by atoms with E-state index in [1.54, 1.807) is 0 Å². The highest BCUT2D eigenvalue weighted by molar-refractivity contribution is 5.69. The molecule has 322 valence electrons. The van der Waals surface area contributed by atoms with Crippen LogP contribution >= 0.6 is 0 Å². The van der Waals surface area contributed by atoms with Crippen LogP contribution in [0.15, 0.2) is 0 Å². The Morgan fingerprint density at radius 1 is 0.296 bits per heavy atom. The maximum absolute atomic E-state index is 12.3. The minimum Gasteiger partial charge on any atom is -0.466 e. The number of ether oxygens (including phenoxy) is 2. The van der Waals surface area contributed by atoms with E-state index in [0.29, 0.717) is 26.1 Å². The summed E-state index contributed by atoms with van der Waals surface area (Å²) in [4.78, 5) is 24.7. The molecule has 4 heteroatoms. The van der Waals surface area contributed by atoms with Crippen LogP contribution in [0.25, 0.3) is 0 Å². The van der Waals surface area contributed by atoms with Crippen LogP contribution in [0.5, 0.6) is 0 Å². The van der Waals surface area contributed by atoms with Gasteiger partial charge in [0.1, 0.15) is 0 Å². The zero-order valence-electron chi connectivity index (χ0n) is 38.1. The van der Waals surface area contributed by atoms with E-state index in [-0.39, 0.29) is 11.9 Å². The molecule has 0 aromatic carbocycles. The van der Waals surface area contributed by atoms with Gasteiger partial charge in [-0.05, 0) is 74.0 Å². The third kappa shape index (κ3) is 40.6. The van der Waals surface area contributed by atoms with Gasteiger partial charge in [-0.15, -0.1) is 0 Å². The summed E-state index contributed by atoms with van der Waals surface area (Å²) in [5, 5.41) is 0. The van der Waals surface area contributed by atoms with Crippen LogP contribution in [-0.4, -0.2) is 25.2 Å². The molecule has 0 amide bonds. The quantitative estimate of drug-likeness (QED) is 0.0460. The van der Waals surface area contributed by atoms with Crippen LogP contribution in [0.4, 0.5) is 0 Å². The van der Waals surface area contributed by atoms with Gasteiger partial charge < -0.3 is 9.47 Å². The van der Waals surface area contributed by atoms with Crippen molar-refractivity contribution in [2.24, 2.45) is 35.5 Å². The van der Waals surface area contributed by atoms with Crippen molar-refractivity contribution in [2.75, 3.05) is 13.2 Å². The highest BCUT2D eigenvalue weighted by Gasteiger charge is 2.12. The van der Waals surface area contributed by atoms with Crippen LogP contribution in [0.3, 0.4) is 0 Å². The van der Waals surface area contributed by atoms with E-state index in [2.05, 4.69) is 55.4 Å². The minimum atomic E-state index is -0.0220. The number of hydrogen-bond donors (Lipinski definition) is 0. The Balaban J connectivity index is 4.01. The predicted octanol–water partition coefficient (Wildman–Crippen LogP) is 16.4. The molecule has 0 atom stereocenters. The summed E-state index contributed by atoms with van der Waals surface area (Å²) in [6.45, 7) is 19.8. The Bertz CT molecular complexity index is 700. The number of unbranched alkanes of at least 4 members (excludes halogenated alkanes) is 13. The number of rotatable bonds is 41. The zero-order valence-corrected chi connectivity index (χ0v) is 38.1. The first-order valence-electron chi connectivity index (χ1n) is 24.3. The van der Waals surface area contributed by atoms with Gasteiger partial charge in [0.2, 0.25) is 0 Å². The van der Waals surface area contributed by atoms with Crippen molar-refractivity contribution in [1.82, 2.24) is 0 Å². The molecule has 54 heavy (non-hydrogen) atoms. The van der Waals surface area contributed by atoms with Gasteiger partial charge in [0.25, 0.3) is 0 Å². The van der Waals surface area contributed by atoms with E-state index >= 15 is 0 Å². The molecule has 0 aliphatic heterocycles. The van der Waals surface area contributed by atoms with E-state index in [4.69, 9.17) is 9.47 Å². The second-order valence-corrected chi connectivity index (χ2v) is 19.2. The standard InChI is InChI=1S/C50H98O4/c1-43(2)29-17-13-21-33-47(34-22-14-18-30-44(3)4)37-27-41-53-49(51)39-25-11-9-10-12-26-40-50(52)54-42-28-38-48(35-23-15-19-31-45(5)6)36-24-16-20-32-46(7)8/h43-48H,9-42H2,1-8H3. The van der Waals surface area contributed by atoms with Crippen molar-refractivity contribution in [2.45, 2.75) is 261 Å². The number of hydrogen-bond acceptors (Lipinski definition) is 4. The van der Waals surface area contributed by atoms with Crippen molar-refractivity contribution in [3.8, 4) is 0 Å². The molecule has 0 bridgehead atoms. The van der Waals surface area contributed by atoms with Gasteiger partial charge in [-0.2, -0.15) is 0 Å². The molecule has 0 N–H and O–H groups in total. The van der Waals surface area contributed by atoms with Crippen LogP contribution in [-0.2, 0) is 19.1 Å². The van der Waals surface area contributed by atoms with Crippen LogP contribution < -0.4 is 0 Å². The smallest absolute Gasteiger partial charge is 0.305 e. The van der Waals surface area contributed by atoms with Crippen LogP contribution in [0.1, 0.15) is 261 Å². The molecule has 0 heterocycles. The van der Waals surface area contributed by atoms with E-state index in [1.807, 2.05) is 0 Å². The third-order valence-corrected chi connectivity index (χ3v) is 11.6. The van der Waals surface area contributed by atoms with Crippen LogP contribution in [0.2, 0.25) is 0 Å².